The standard InChI is InChI=1S/C17H16FN3O5S.C17H16FN3O3S/c1-3-25-10-21-15(13-8-9-19-17(20-13)27(2,23)24)14(16(22)26-21)11-4-6-12(18)7-5-11;1-3-23-10-21-15(13-8-9-19-17(20-13)25-2)14(16(22)24-21)11-4-6-12(18)7-5-11/h4-9H,3,10H2,1-2H3;4-9H,3,10H2,1-2H3. The molecule has 6 aromatic rings. The van der Waals surface area contributed by atoms with Crippen molar-refractivity contribution in [2.75, 3.05) is 25.7 Å². The molecule has 52 heavy (non-hydrogen) atoms. The molecule has 14 nitrogen and oxygen atoms in total. The smallest absolute Gasteiger partial charge is 0.358 e. The first-order chi connectivity index (χ1) is 24.9. The van der Waals surface area contributed by atoms with Crippen LogP contribution in [0, 0.1) is 11.6 Å². The first-order valence-corrected chi connectivity index (χ1v) is 18.6. The molecule has 0 aliphatic heterocycles. The SMILES string of the molecule is CCOCn1oc(=O)c(-c2ccc(F)cc2)c1-c1ccnc(S(C)(=O)=O)n1.CCOCn1oc(=O)c(-c2ccc(F)cc2)c1-c1ccnc(SC)n1. The number of benzene rings is 2. The van der Waals surface area contributed by atoms with Crippen LogP contribution in [0.5, 0.6) is 0 Å². The van der Waals surface area contributed by atoms with Gasteiger partial charge in [-0.05, 0) is 67.6 Å². The highest BCUT2D eigenvalue weighted by atomic mass is 32.2. The van der Waals surface area contributed by atoms with E-state index in [9.17, 15) is 26.8 Å². The van der Waals surface area contributed by atoms with Gasteiger partial charge in [0.15, 0.2) is 18.6 Å². The number of sulfone groups is 1. The van der Waals surface area contributed by atoms with Crippen LogP contribution in [0.3, 0.4) is 0 Å². The first kappa shape index (κ1) is 37.9. The van der Waals surface area contributed by atoms with Crippen LogP contribution in [0.15, 0.2) is 102 Å². The van der Waals surface area contributed by atoms with Crippen molar-refractivity contribution >= 4 is 21.6 Å². The second-order valence-corrected chi connectivity index (χ2v) is 13.3. The third-order valence-electron chi connectivity index (χ3n) is 7.12. The largest absolute Gasteiger partial charge is 0.366 e. The molecule has 0 N–H and O–H groups in total. The van der Waals surface area contributed by atoms with Gasteiger partial charge in [0.1, 0.15) is 23.0 Å². The Morgan fingerprint density at radius 3 is 1.58 bits per heavy atom. The molecule has 0 atom stereocenters. The Bertz CT molecular complexity index is 2370. The molecule has 18 heteroatoms. The van der Waals surface area contributed by atoms with E-state index in [2.05, 4.69) is 19.9 Å². The van der Waals surface area contributed by atoms with Gasteiger partial charge in [-0.2, -0.15) is 9.48 Å². The summed E-state index contributed by atoms with van der Waals surface area (Å²) in [6.45, 7) is 4.44. The highest BCUT2D eigenvalue weighted by molar-refractivity contribution is 7.98. The molecular formula is C34H32F2N6O8S2. The Morgan fingerprint density at radius 2 is 1.15 bits per heavy atom. The fourth-order valence-corrected chi connectivity index (χ4v) is 5.70. The first-order valence-electron chi connectivity index (χ1n) is 15.5. The summed E-state index contributed by atoms with van der Waals surface area (Å²) in [5.74, 6) is -0.838. The fraction of sp³-hybridized carbons (Fsp3) is 0.235. The summed E-state index contributed by atoms with van der Waals surface area (Å²) in [5, 5.41) is 0.181. The Balaban J connectivity index is 0.000000202. The van der Waals surface area contributed by atoms with Gasteiger partial charge in [-0.1, -0.05) is 36.0 Å². The molecule has 0 amide bonds. The summed E-state index contributed by atoms with van der Waals surface area (Å²) in [7, 11) is -3.66. The van der Waals surface area contributed by atoms with Crippen molar-refractivity contribution < 1.29 is 35.7 Å². The molecule has 0 saturated heterocycles. The average molecular weight is 755 g/mol. The third-order valence-corrected chi connectivity index (χ3v) is 8.55. The summed E-state index contributed by atoms with van der Waals surface area (Å²) < 4.78 is 73.9. The maximum Gasteiger partial charge on any atom is 0.366 e. The minimum absolute atomic E-state index is 0.0703. The topological polar surface area (TPSA) is 174 Å². The molecule has 0 radical (unpaired) electrons. The fourth-order valence-electron chi connectivity index (χ4n) is 4.83. The Hall–Kier alpha value is -5.30. The zero-order valence-electron chi connectivity index (χ0n) is 28.3. The number of ether oxygens (including phenoxy) is 2. The van der Waals surface area contributed by atoms with Crippen LogP contribution in [-0.2, 0) is 32.8 Å². The van der Waals surface area contributed by atoms with E-state index >= 15 is 0 Å². The summed E-state index contributed by atoms with van der Waals surface area (Å²) >= 11 is 1.39. The summed E-state index contributed by atoms with van der Waals surface area (Å²) in [4.78, 5) is 41.3. The lowest BCUT2D eigenvalue weighted by atomic mass is 10.0. The van der Waals surface area contributed by atoms with Crippen LogP contribution in [0.4, 0.5) is 8.78 Å². The lowest BCUT2D eigenvalue weighted by Gasteiger charge is -2.08. The van der Waals surface area contributed by atoms with E-state index in [1.807, 2.05) is 13.2 Å². The van der Waals surface area contributed by atoms with E-state index in [0.717, 1.165) is 6.26 Å². The van der Waals surface area contributed by atoms with Crippen molar-refractivity contribution in [3.05, 3.63) is 106 Å². The lowest BCUT2D eigenvalue weighted by Crippen LogP contribution is -2.07. The van der Waals surface area contributed by atoms with E-state index in [0.29, 0.717) is 46.4 Å². The highest BCUT2D eigenvalue weighted by Gasteiger charge is 2.24. The second-order valence-electron chi connectivity index (χ2n) is 10.6. The maximum absolute atomic E-state index is 13.3. The molecule has 0 fully saturated rings. The quantitative estimate of drug-likeness (QED) is 0.113. The number of nitrogens with zero attached hydrogens (tertiary/aromatic N) is 6. The van der Waals surface area contributed by atoms with E-state index in [4.69, 9.17) is 18.5 Å². The number of aromatic nitrogens is 6. The number of thioether (sulfide) groups is 1. The van der Waals surface area contributed by atoms with Gasteiger partial charge in [0.05, 0.1) is 22.5 Å². The molecule has 4 heterocycles. The van der Waals surface area contributed by atoms with E-state index in [1.54, 1.807) is 19.2 Å². The molecule has 0 spiro atoms. The predicted octanol–water partition coefficient (Wildman–Crippen LogP) is 5.52. The second kappa shape index (κ2) is 16.8. The highest BCUT2D eigenvalue weighted by Crippen LogP contribution is 2.31. The molecule has 0 bridgehead atoms. The van der Waals surface area contributed by atoms with Crippen molar-refractivity contribution in [3.8, 4) is 45.0 Å². The van der Waals surface area contributed by atoms with Crippen molar-refractivity contribution in [1.82, 2.24) is 29.4 Å². The van der Waals surface area contributed by atoms with Crippen molar-refractivity contribution in [3.63, 3.8) is 0 Å². The van der Waals surface area contributed by atoms with E-state index in [-0.39, 0.29) is 41.4 Å². The minimum atomic E-state index is -3.66. The monoisotopic (exact) mass is 754 g/mol. The molecule has 0 unspecified atom stereocenters. The van der Waals surface area contributed by atoms with Crippen LogP contribution in [-0.4, -0.2) is 63.6 Å². The molecular weight excluding hydrogens is 723 g/mol. The summed E-state index contributed by atoms with van der Waals surface area (Å²) in [6, 6.07) is 14.1. The number of hydrogen-bond donors (Lipinski definition) is 0. The molecule has 2 aromatic carbocycles. The zero-order valence-corrected chi connectivity index (χ0v) is 29.9. The Kier molecular flexibility index (Phi) is 12.3. The van der Waals surface area contributed by atoms with Crippen LogP contribution in [0.25, 0.3) is 45.0 Å². The lowest BCUT2D eigenvalue weighted by molar-refractivity contribution is 0.0314. The Labute approximate surface area is 300 Å². The van der Waals surface area contributed by atoms with Crippen LogP contribution < -0.4 is 11.3 Å². The van der Waals surface area contributed by atoms with Crippen LogP contribution >= 0.6 is 11.8 Å². The molecule has 272 valence electrons. The van der Waals surface area contributed by atoms with Gasteiger partial charge >= 0.3 is 11.3 Å². The molecule has 0 saturated carbocycles. The van der Waals surface area contributed by atoms with E-state index < -0.39 is 26.9 Å². The third kappa shape index (κ3) is 8.76. The number of rotatable bonds is 12. The van der Waals surface area contributed by atoms with Crippen molar-refractivity contribution in [2.24, 2.45) is 0 Å². The van der Waals surface area contributed by atoms with Gasteiger partial charge in [-0.25, -0.2) is 46.7 Å². The molecule has 4 aromatic heterocycles. The minimum Gasteiger partial charge on any atom is -0.358 e. The molecule has 6 rings (SSSR count). The maximum atomic E-state index is 13.3. The van der Waals surface area contributed by atoms with Gasteiger partial charge in [-0.3, -0.25) is 0 Å². The summed E-state index contributed by atoms with van der Waals surface area (Å²) in [5.41, 5.74) is 1.54. The molecule has 0 aliphatic carbocycles. The van der Waals surface area contributed by atoms with Gasteiger partial charge in [0.25, 0.3) is 0 Å². The van der Waals surface area contributed by atoms with Gasteiger partial charge in [0, 0.05) is 31.9 Å². The normalized spacial score (nSPS) is 11.3. The van der Waals surface area contributed by atoms with Gasteiger partial charge in [0.2, 0.25) is 15.0 Å². The Morgan fingerprint density at radius 1 is 0.712 bits per heavy atom. The predicted molar refractivity (Wildman–Crippen MR) is 187 cm³/mol. The van der Waals surface area contributed by atoms with Crippen molar-refractivity contribution in [2.45, 2.75) is 37.6 Å². The number of halogens is 2. The average Bonchev–Trinajstić information content (AvgIpc) is 3.65. The van der Waals surface area contributed by atoms with E-state index in [1.165, 1.54) is 82.0 Å². The van der Waals surface area contributed by atoms with Crippen LogP contribution in [0.1, 0.15) is 13.8 Å². The van der Waals surface area contributed by atoms with Crippen LogP contribution in [0.2, 0.25) is 0 Å². The van der Waals surface area contributed by atoms with Crippen molar-refractivity contribution in [1.29, 1.82) is 0 Å². The summed E-state index contributed by atoms with van der Waals surface area (Å²) in [6.07, 6.45) is 5.74. The zero-order chi connectivity index (χ0) is 37.4. The number of hydrogen-bond acceptors (Lipinski definition) is 13. The van der Waals surface area contributed by atoms with Gasteiger partial charge < -0.3 is 18.5 Å². The molecule has 0 aliphatic rings. The van der Waals surface area contributed by atoms with Gasteiger partial charge in [-0.15, -0.1) is 0 Å².